The maximum Gasteiger partial charge on any atom is 0.184 e. The Labute approximate surface area is 120 Å². The second-order valence-corrected chi connectivity index (χ2v) is 6.87. The van der Waals surface area contributed by atoms with E-state index in [0.717, 1.165) is 17.5 Å². The lowest BCUT2D eigenvalue weighted by Crippen LogP contribution is -2.09. The standard InChI is InChI=1S/C16H19NO2S/c1-3-13-7-9-14(10-8-13)11-20(18,19)15-6-4-5-12(2)16(15)17/h4-10H,3,11,17H2,1-2H3. The minimum absolute atomic E-state index is 0.0232. The van der Waals surface area contributed by atoms with Gasteiger partial charge in [-0.05, 0) is 36.1 Å². The smallest absolute Gasteiger partial charge is 0.184 e. The van der Waals surface area contributed by atoms with E-state index < -0.39 is 9.84 Å². The molecule has 3 nitrogen and oxygen atoms in total. The molecule has 0 radical (unpaired) electrons. The SMILES string of the molecule is CCc1ccc(CS(=O)(=O)c2cccc(C)c2N)cc1. The van der Waals surface area contributed by atoms with Gasteiger partial charge in [-0.3, -0.25) is 0 Å². The quantitative estimate of drug-likeness (QED) is 0.880. The van der Waals surface area contributed by atoms with Crippen LogP contribution in [0.25, 0.3) is 0 Å². The molecule has 0 aromatic heterocycles. The predicted octanol–water partition coefficient (Wildman–Crippen LogP) is 3.11. The topological polar surface area (TPSA) is 60.2 Å². The predicted molar refractivity (Wildman–Crippen MR) is 82.3 cm³/mol. The summed E-state index contributed by atoms with van der Waals surface area (Å²) in [6, 6.07) is 12.8. The summed E-state index contributed by atoms with van der Waals surface area (Å²) in [6.07, 6.45) is 0.942. The highest BCUT2D eigenvalue weighted by atomic mass is 32.2. The molecule has 2 aromatic rings. The Bertz CT molecular complexity index is 704. The van der Waals surface area contributed by atoms with Gasteiger partial charge in [0.15, 0.2) is 9.84 Å². The van der Waals surface area contributed by atoms with Gasteiger partial charge in [0.25, 0.3) is 0 Å². The number of hydrogen-bond acceptors (Lipinski definition) is 3. The molecule has 0 unspecified atom stereocenters. The van der Waals surface area contributed by atoms with Crippen molar-refractivity contribution in [2.75, 3.05) is 5.73 Å². The molecule has 106 valence electrons. The Morgan fingerprint density at radius 3 is 2.20 bits per heavy atom. The third kappa shape index (κ3) is 3.02. The van der Waals surface area contributed by atoms with Crippen molar-refractivity contribution in [1.82, 2.24) is 0 Å². The van der Waals surface area contributed by atoms with E-state index in [1.807, 2.05) is 37.3 Å². The molecule has 0 saturated carbocycles. The highest BCUT2D eigenvalue weighted by molar-refractivity contribution is 7.90. The average molecular weight is 289 g/mol. The number of nitrogens with two attached hydrogens (primary N) is 1. The minimum Gasteiger partial charge on any atom is -0.397 e. The fraction of sp³-hybridized carbons (Fsp3) is 0.250. The Morgan fingerprint density at radius 1 is 1.00 bits per heavy atom. The lowest BCUT2D eigenvalue weighted by atomic mass is 10.1. The van der Waals surface area contributed by atoms with Gasteiger partial charge in [0, 0.05) is 0 Å². The number of nitrogen functional groups attached to an aromatic ring is 1. The Kier molecular flexibility index (Phi) is 4.14. The summed E-state index contributed by atoms with van der Waals surface area (Å²) in [6.45, 7) is 3.88. The van der Waals surface area contributed by atoms with Crippen LogP contribution in [0.3, 0.4) is 0 Å². The van der Waals surface area contributed by atoms with E-state index in [0.29, 0.717) is 5.69 Å². The first-order valence-electron chi connectivity index (χ1n) is 6.59. The van der Waals surface area contributed by atoms with Gasteiger partial charge < -0.3 is 5.73 Å². The average Bonchev–Trinajstić information content (AvgIpc) is 2.42. The van der Waals surface area contributed by atoms with E-state index in [4.69, 9.17) is 5.73 Å². The molecule has 0 heterocycles. The third-order valence-electron chi connectivity index (χ3n) is 3.41. The van der Waals surface area contributed by atoms with E-state index in [9.17, 15) is 8.42 Å². The van der Waals surface area contributed by atoms with Gasteiger partial charge in [0.2, 0.25) is 0 Å². The number of sulfone groups is 1. The molecule has 0 amide bonds. The van der Waals surface area contributed by atoms with Gasteiger partial charge in [-0.15, -0.1) is 0 Å². The molecule has 4 heteroatoms. The fourth-order valence-corrected chi connectivity index (χ4v) is 3.66. The highest BCUT2D eigenvalue weighted by Crippen LogP contribution is 2.25. The highest BCUT2D eigenvalue weighted by Gasteiger charge is 2.19. The number of para-hydroxylation sites is 1. The Morgan fingerprint density at radius 2 is 1.60 bits per heavy atom. The summed E-state index contributed by atoms with van der Waals surface area (Å²) in [5.41, 5.74) is 8.99. The van der Waals surface area contributed by atoms with Gasteiger partial charge in [-0.1, -0.05) is 43.3 Å². The Hall–Kier alpha value is -1.81. The number of benzene rings is 2. The van der Waals surface area contributed by atoms with Crippen LogP contribution in [0.2, 0.25) is 0 Å². The Balaban J connectivity index is 2.33. The normalized spacial score (nSPS) is 11.5. The molecule has 0 bridgehead atoms. The van der Waals surface area contributed by atoms with Crippen LogP contribution in [0.5, 0.6) is 0 Å². The van der Waals surface area contributed by atoms with E-state index in [1.54, 1.807) is 12.1 Å². The molecule has 2 rings (SSSR count). The fourth-order valence-electron chi connectivity index (χ4n) is 2.09. The van der Waals surface area contributed by atoms with E-state index in [1.165, 1.54) is 5.56 Å². The molecular formula is C16H19NO2S. The van der Waals surface area contributed by atoms with Gasteiger partial charge in [0.05, 0.1) is 16.3 Å². The van der Waals surface area contributed by atoms with Crippen molar-refractivity contribution in [2.45, 2.75) is 30.9 Å². The molecule has 20 heavy (non-hydrogen) atoms. The van der Waals surface area contributed by atoms with Crippen LogP contribution in [-0.2, 0) is 22.0 Å². The van der Waals surface area contributed by atoms with Gasteiger partial charge in [-0.2, -0.15) is 0 Å². The summed E-state index contributed by atoms with van der Waals surface area (Å²) in [7, 11) is -3.41. The zero-order chi connectivity index (χ0) is 14.8. The lowest BCUT2D eigenvalue weighted by Gasteiger charge is -2.10. The van der Waals surface area contributed by atoms with Crippen molar-refractivity contribution in [3.63, 3.8) is 0 Å². The minimum atomic E-state index is -3.41. The van der Waals surface area contributed by atoms with Crippen LogP contribution in [0.1, 0.15) is 23.6 Å². The second-order valence-electron chi connectivity index (χ2n) is 4.92. The molecule has 2 N–H and O–H groups in total. The summed E-state index contributed by atoms with van der Waals surface area (Å²) < 4.78 is 24.9. The summed E-state index contributed by atoms with van der Waals surface area (Å²) >= 11 is 0. The van der Waals surface area contributed by atoms with Crippen LogP contribution in [0.15, 0.2) is 47.4 Å². The molecule has 0 atom stereocenters. The summed E-state index contributed by atoms with van der Waals surface area (Å²) in [4.78, 5) is 0.220. The zero-order valence-electron chi connectivity index (χ0n) is 11.8. The molecule has 2 aromatic carbocycles. The van der Waals surface area contributed by atoms with Crippen LogP contribution in [0.4, 0.5) is 5.69 Å². The van der Waals surface area contributed by atoms with Crippen LogP contribution in [0, 0.1) is 6.92 Å². The molecule has 0 saturated heterocycles. The maximum atomic E-state index is 12.4. The van der Waals surface area contributed by atoms with Crippen LogP contribution >= 0.6 is 0 Å². The number of anilines is 1. The largest absolute Gasteiger partial charge is 0.397 e. The van der Waals surface area contributed by atoms with Gasteiger partial charge in [-0.25, -0.2) is 8.42 Å². The van der Waals surface area contributed by atoms with Crippen molar-refractivity contribution < 1.29 is 8.42 Å². The summed E-state index contributed by atoms with van der Waals surface area (Å²) in [5.74, 6) is -0.0232. The zero-order valence-corrected chi connectivity index (χ0v) is 12.6. The second kappa shape index (κ2) is 5.67. The van der Waals surface area contributed by atoms with Gasteiger partial charge in [0.1, 0.15) is 0 Å². The van der Waals surface area contributed by atoms with Crippen molar-refractivity contribution in [3.05, 3.63) is 59.2 Å². The molecule has 0 spiro atoms. The molecule has 0 fully saturated rings. The van der Waals surface area contributed by atoms with Crippen LogP contribution < -0.4 is 5.73 Å². The van der Waals surface area contributed by atoms with Crippen molar-refractivity contribution in [1.29, 1.82) is 0 Å². The molecule has 0 aliphatic rings. The monoisotopic (exact) mass is 289 g/mol. The number of hydrogen-bond donors (Lipinski definition) is 1. The van der Waals surface area contributed by atoms with Crippen molar-refractivity contribution in [3.8, 4) is 0 Å². The van der Waals surface area contributed by atoms with Crippen molar-refractivity contribution >= 4 is 15.5 Å². The first-order chi connectivity index (χ1) is 9.44. The van der Waals surface area contributed by atoms with E-state index >= 15 is 0 Å². The van der Waals surface area contributed by atoms with Gasteiger partial charge >= 0.3 is 0 Å². The first kappa shape index (κ1) is 14.6. The first-order valence-corrected chi connectivity index (χ1v) is 8.25. The molecule has 0 aliphatic heterocycles. The lowest BCUT2D eigenvalue weighted by molar-refractivity contribution is 0.595. The van der Waals surface area contributed by atoms with E-state index in [2.05, 4.69) is 6.92 Å². The number of rotatable bonds is 4. The van der Waals surface area contributed by atoms with Crippen molar-refractivity contribution in [2.24, 2.45) is 0 Å². The molecular weight excluding hydrogens is 270 g/mol. The maximum absolute atomic E-state index is 12.4. The number of aryl methyl sites for hydroxylation is 2. The third-order valence-corrected chi connectivity index (χ3v) is 5.15. The molecule has 0 aliphatic carbocycles. The van der Waals surface area contributed by atoms with Crippen LogP contribution in [-0.4, -0.2) is 8.42 Å². The van der Waals surface area contributed by atoms with E-state index in [-0.39, 0.29) is 10.6 Å². The summed E-state index contributed by atoms with van der Waals surface area (Å²) in [5, 5.41) is 0.